The van der Waals surface area contributed by atoms with Gasteiger partial charge in [-0.2, -0.15) is 18.3 Å². The summed E-state index contributed by atoms with van der Waals surface area (Å²) in [6.07, 6.45) is -0.905. The molecule has 32 heavy (non-hydrogen) atoms. The van der Waals surface area contributed by atoms with Crippen molar-refractivity contribution in [2.45, 2.75) is 39.4 Å². The predicted molar refractivity (Wildman–Crippen MR) is 120 cm³/mol. The van der Waals surface area contributed by atoms with Crippen molar-refractivity contribution in [3.8, 4) is 5.75 Å². The van der Waals surface area contributed by atoms with Crippen LogP contribution in [0.1, 0.15) is 54.7 Å². The topological polar surface area (TPSA) is 53.9 Å². The highest BCUT2D eigenvalue weighted by Crippen LogP contribution is 2.41. The van der Waals surface area contributed by atoms with E-state index in [-0.39, 0.29) is 11.1 Å². The average Bonchev–Trinajstić information content (AvgIpc) is 2.72. The number of fused-ring (bicyclic) bond motifs is 1. The number of ether oxygens (including phenoxy) is 1. The number of methoxy groups -OCH3 is 1. The van der Waals surface area contributed by atoms with E-state index in [1.165, 1.54) is 18.3 Å². The van der Waals surface area contributed by atoms with Crippen molar-refractivity contribution in [2.75, 3.05) is 18.6 Å². The van der Waals surface area contributed by atoms with Gasteiger partial charge in [-0.15, -0.1) is 0 Å². The van der Waals surface area contributed by atoms with Gasteiger partial charge in [0.05, 0.1) is 24.4 Å². The molecule has 8 heteroatoms. The first-order chi connectivity index (χ1) is 15.0. The fraction of sp³-hybridized carbons (Fsp3) is 0.333. The van der Waals surface area contributed by atoms with Gasteiger partial charge in [-0.25, -0.2) is 5.43 Å². The zero-order chi connectivity index (χ0) is 23.7. The number of alkyl halides is 3. The van der Waals surface area contributed by atoms with E-state index in [2.05, 4.69) is 42.3 Å². The van der Waals surface area contributed by atoms with Crippen LogP contribution < -0.4 is 15.1 Å². The standard InChI is InChI=1S/C24H26F3N3O2/c1-6-30-20-12-21(32-5)17(11-19(20)15(2)13-23(30,3)4)14-28-29-22(31)16-8-7-9-18(10-16)24(25,26)27/h7-14H,6H2,1-5H3,(H,29,31)/b28-14-. The van der Waals surface area contributed by atoms with Gasteiger partial charge in [-0.1, -0.05) is 12.1 Å². The van der Waals surface area contributed by atoms with Crippen molar-refractivity contribution in [3.63, 3.8) is 0 Å². The predicted octanol–water partition coefficient (Wildman–Crippen LogP) is 5.50. The lowest BCUT2D eigenvalue weighted by atomic mass is 9.88. The summed E-state index contributed by atoms with van der Waals surface area (Å²) >= 11 is 0. The van der Waals surface area contributed by atoms with Gasteiger partial charge in [0, 0.05) is 35.0 Å². The lowest BCUT2D eigenvalue weighted by molar-refractivity contribution is -0.137. The number of rotatable bonds is 5. The molecular formula is C24H26F3N3O2. The third kappa shape index (κ3) is 4.64. The Balaban J connectivity index is 1.87. The molecule has 3 rings (SSSR count). The number of nitrogens with one attached hydrogen (secondary N) is 1. The summed E-state index contributed by atoms with van der Waals surface area (Å²) in [7, 11) is 1.55. The molecular weight excluding hydrogens is 419 g/mol. The highest BCUT2D eigenvalue weighted by atomic mass is 19.4. The Labute approximate surface area is 185 Å². The summed E-state index contributed by atoms with van der Waals surface area (Å²) in [5, 5.41) is 3.94. The molecule has 2 aromatic carbocycles. The van der Waals surface area contributed by atoms with Crippen LogP contribution in [0, 0.1) is 0 Å². The molecule has 1 aliphatic heterocycles. The van der Waals surface area contributed by atoms with Gasteiger partial charge in [0.1, 0.15) is 5.75 Å². The SMILES string of the molecule is CCN1c2cc(OC)c(/C=N\NC(=O)c3cccc(C(F)(F)F)c3)cc2C(C)=CC1(C)C. The van der Waals surface area contributed by atoms with E-state index < -0.39 is 17.6 Å². The first-order valence-electron chi connectivity index (χ1n) is 10.2. The van der Waals surface area contributed by atoms with Crippen LogP contribution in [0.5, 0.6) is 5.75 Å². The number of benzene rings is 2. The minimum Gasteiger partial charge on any atom is -0.496 e. The lowest BCUT2D eigenvalue weighted by Gasteiger charge is -2.43. The normalized spacial score (nSPS) is 15.4. The summed E-state index contributed by atoms with van der Waals surface area (Å²) in [5.74, 6) is -0.163. The number of hydrogen-bond acceptors (Lipinski definition) is 4. The first kappa shape index (κ1) is 23.4. The fourth-order valence-electron chi connectivity index (χ4n) is 4.04. The number of anilines is 1. The van der Waals surface area contributed by atoms with E-state index >= 15 is 0 Å². The van der Waals surface area contributed by atoms with E-state index in [0.29, 0.717) is 11.3 Å². The molecule has 1 heterocycles. The summed E-state index contributed by atoms with van der Waals surface area (Å²) in [4.78, 5) is 14.5. The van der Waals surface area contributed by atoms with Crippen molar-refractivity contribution in [3.05, 3.63) is 64.7 Å². The van der Waals surface area contributed by atoms with Gasteiger partial charge in [-0.3, -0.25) is 4.79 Å². The van der Waals surface area contributed by atoms with E-state index in [9.17, 15) is 18.0 Å². The monoisotopic (exact) mass is 445 g/mol. The number of likely N-dealkylation sites (N-methyl/N-ethyl adjacent to an activating group) is 1. The summed E-state index contributed by atoms with van der Waals surface area (Å²) in [5.41, 5.74) is 4.93. The third-order valence-electron chi connectivity index (χ3n) is 5.47. The quantitative estimate of drug-likeness (QED) is 0.489. The molecule has 0 radical (unpaired) electrons. The smallest absolute Gasteiger partial charge is 0.416 e. The summed E-state index contributed by atoms with van der Waals surface area (Å²) in [6.45, 7) is 9.23. The van der Waals surface area contributed by atoms with Gasteiger partial charge in [0.25, 0.3) is 5.91 Å². The zero-order valence-corrected chi connectivity index (χ0v) is 18.7. The Bertz CT molecular complexity index is 1090. The van der Waals surface area contributed by atoms with Gasteiger partial charge < -0.3 is 9.64 Å². The van der Waals surface area contributed by atoms with Crippen LogP contribution in [-0.4, -0.2) is 31.3 Å². The van der Waals surface area contributed by atoms with Crippen molar-refractivity contribution >= 4 is 23.4 Å². The molecule has 5 nitrogen and oxygen atoms in total. The second kappa shape index (κ2) is 8.68. The maximum Gasteiger partial charge on any atom is 0.416 e. The van der Waals surface area contributed by atoms with Crippen molar-refractivity contribution in [1.82, 2.24) is 5.43 Å². The molecule has 0 bridgehead atoms. The number of carbonyl (C=O) groups is 1. The van der Waals surface area contributed by atoms with Crippen LogP contribution in [0.2, 0.25) is 0 Å². The number of hydrogen-bond donors (Lipinski definition) is 1. The largest absolute Gasteiger partial charge is 0.496 e. The number of carbonyl (C=O) groups excluding carboxylic acids is 1. The Morgan fingerprint density at radius 3 is 2.59 bits per heavy atom. The molecule has 1 N–H and O–H groups in total. The van der Waals surface area contributed by atoms with Gasteiger partial charge >= 0.3 is 6.18 Å². The molecule has 0 unspecified atom stereocenters. The molecule has 1 aliphatic rings. The lowest BCUT2D eigenvalue weighted by Crippen LogP contribution is -2.44. The molecule has 0 saturated heterocycles. The molecule has 0 atom stereocenters. The number of amides is 1. The van der Waals surface area contributed by atoms with E-state index in [1.807, 2.05) is 19.1 Å². The molecule has 0 aromatic heterocycles. The molecule has 2 aromatic rings. The van der Waals surface area contributed by atoms with Crippen molar-refractivity contribution in [2.24, 2.45) is 5.10 Å². The second-order valence-electron chi connectivity index (χ2n) is 8.11. The Kier molecular flexibility index (Phi) is 6.34. The zero-order valence-electron chi connectivity index (χ0n) is 18.7. The van der Waals surface area contributed by atoms with Gasteiger partial charge in [0.2, 0.25) is 0 Å². The van der Waals surface area contributed by atoms with E-state index in [0.717, 1.165) is 35.5 Å². The van der Waals surface area contributed by atoms with E-state index in [1.54, 1.807) is 7.11 Å². The van der Waals surface area contributed by atoms with Gasteiger partial charge in [0.15, 0.2) is 0 Å². The second-order valence-corrected chi connectivity index (χ2v) is 8.11. The molecule has 0 spiro atoms. The maximum absolute atomic E-state index is 12.9. The number of nitrogens with zero attached hydrogens (tertiary/aromatic N) is 2. The van der Waals surface area contributed by atoms with Crippen LogP contribution >= 0.6 is 0 Å². The van der Waals surface area contributed by atoms with Crippen LogP contribution in [0.25, 0.3) is 5.57 Å². The highest BCUT2D eigenvalue weighted by Gasteiger charge is 2.32. The summed E-state index contributed by atoms with van der Waals surface area (Å²) < 4.78 is 44.2. The maximum atomic E-state index is 12.9. The highest BCUT2D eigenvalue weighted by molar-refractivity contribution is 5.96. The number of halogens is 3. The van der Waals surface area contributed by atoms with E-state index in [4.69, 9.17) is 4.74 Å². The Hall–Kier alpha value is -3.29. The van der Waals surface area contributed by atoms with Crippen LogP contribution in [0.15, 0.2) is 47.6 Å². The molecule has 170 valence electrons. The minimum absolute atomic E-state index is 0.131. The number of hydrazone groups is 1. The van der Waals surface area contributed by atoms with Crippen LogP contribution in [0.4, 0.5) is 18.9 Å². The van der Waals surface area contributed by atoms with Crippen LogP contribution in [-0.2, 0) is 6.18 Å². The number of allylic oxidation sites excluding steroid dienone is 1. The Morgan fingerprint density at radius 2 is 1.97 bits per heavy atom. The first-order valence-corrected chi connectivity index (χ1v) is 10.2. The van der Waals surface area contributed by atoms with Crippen molar-refractivity contribution < 1.29 is 22.7 Å². The average molecular weight is 445 g/mol. The summed E-state index contributed by atoms with van der Waals surface area (Å²) in [6, 6.07) is 8.05. The van der Waals surface area contributed by atoms with Crippen LogP contribution in [0.3, 0.4) is 0 Å². The fourth-order valence-corrected chi connectivity index (χ4v) is 4.04. The molecule has 0 aliphatic carbocycles. The van der Waals surface area contributed by atoms with Gasteiger partial charge in [-0.05, 0) is 57.5 Å². The Morgan fingerprint density at radius 1 is 1.25 bits per heavy atom. The molecule has 0 fully saturated rings. The molecule has 1 amide bonds. The minimum atomic E-state index is -4.53. The third-order valence-corrected chi connectivity index (χ3v) is 5.47. The molecule has 0 saturated carbocycles. The van der Waals surface area contributed by atoms with Crippen molar-refractivity contribution in [1.29, 1.82) is 0 Å².